The number of hydrogen-bond donors (Lipinski definition) is 1. The van der Waals surface area contributed by atoms with Crippen molar-refractivity contribution >= 4 is 17.5 Å². The second-order valence-electron chi connectivity index (χ2n) is 5.64. The Morgan fingerprint density at radius 3 is 3.04 bits per heavy atom. The number of amides is 1. The van der Waals surface area contributed by atoms with Gasteiger partial charge in [0.2, 0.25) is 0 Å². The van der Waals surface area contributed by atoms with Gasteiger partial charge < -0.3 is 10.2 Å². The van der Waals surface area contributed by atoms with Crippen molar-refractivity contribution in [1.82, 2.24) is 15.2 Å². The van der Waals surface area contributed by atoms with E-state index in [0.29, 0.717) is 17.3 Å². The van der Waals surface area contributed by atoms with E-state index < -0.39 is 0 Å². The third kappa shape index (κ3) is 3.38. The number of hydrogen-bond acceptors (Lipinski definition) is 3. The summed E-state index contributed by atoms with van der Waals surface area (Å²) in [6, 6.07) is 11.5. The monoisotopic (exact) mass is 329 g/mol. The first-order valence-corrected chi connectivity index (χ1v) is 8.29. The van der Waals surface area contributed by atoms with Gasteiger partial charge in [0, 0.05) is 30.9 Å². The van der Waals surface area contributed by atoms with E-state index in [4.69, 9.17) is 11.6 Å². The van der Waals surface area contributed by atoms with Gasteiger partial charge in [-0.3, -0.25) is 9.78 Å². The summed E-state index contributed by atoms with van der Waals surface area (Å²) in [6.45, 7) is 4.22. The summed E-state index contributed by atoms with van der Waals surface area (Å²) < 4.78 is 0. The fourth-order valence-corrected chi connectivity index (χ4v) is 3.21. The lowest BCUT2D eigenvalue weighted by molar-refractivity contribution is 0.0627. The number of nitrogens with one attached hydrogen (secondary N) is 1. The van der Waals surface area contributed by atoms with Crippen LogP contribution in [-0.4, -0.2) is 35.4 Å². The highest BCUT2D eigenvalue weighted by Crippen LogP contribution is 2.26. The predicted octanol–water partition coefficient (Wildman–Crippen LogP) is 3.08. The molecule has 0 aliphatic carbocycles. The van der Waals surface area contributed by atoms with Crippen molar-refractivity contribution < 1.29 is 4.79 Å². The standard InChI is InChI=1S/C18H20ClN3O/c1-2-13-6-4-8-21-17(13)18(23)22-10-9-20-12-16(22)14-5-3-7-15(19)11-14/h3-8,11,16,20H,2,9-10,12H2,1H3. The fraction of sp³-hybridized carbons (Fsp3) is 0.333. The Morgan fingerprint density at radius 2 is 2.26 bits per heavy atom. The van der Waals surface area contributed by atoms with E-state index >= 15 is 0 Å². The molecule has 1 atom stereocenters. The van der Waals surface area contributed by atoms with Crippen molar-refractivity contribution in [3.63, 3.8) is 0 Å². The number of piperazine rings is 1. The molecule has 1 aromatic carbocycles. The number of rotatable bonds is 3. The first-order chi connectivity index (χ1) is 11.2. The van der Waals surface area contributed by atoms with E-state index in [9.17, 15) is 4.79 Å². The van der Waals surface area contributed by atoms with Gasteiger partial charge in [0.05, 0.1) is 6.04 Å². The van der Waals surface area contributed by atoms with Crippen LogP contribution in [0.4, 0.5) is 0 Å². The molecule has 5 heteroatoms. The Hall–Kier alpha value is -1.91. The molecule has 4 nitrogen and oxygen atoms in total. The summed E-state index contributed by atoms with van der Waals surface area (Å²) in [5.41, 5.74) is 2.59. The van der Waals surface area contributed by atoms with Gasteiger partial charge in [0.25, 0.3) is 5.91 Å². The van der Waals surface area contributed by atoms with Gasteiger partial charge in [0.15, 0.2) is 0 Å². The van der Waals surface area contributed by atoms with E-state index in [2.05, 4.69) is 10.3 Å². The number of nitrogens with zero attached hydrogens (tertiary/aromatic N) is 2. The number of carbonyl (C=O) groups is 1. The van der Waals surface area contributed by atoms with Crippen molar-refractivity contribution in [2.24, 2.45) is 0 Å². The van der Waals surface area contributed by atoms with Crippen LogP contribution in [0, 0.1) is 0 Å². The second-order valence-corrected chi connectivity index (χ2v) is 6.07. The molecule has 2 aromatic rings. The first-order valence-electron chi connectivity index (χ1n) is 7.91. The Labute approximate surface area is 141 Å². The van der Waals surface area contributed by atoms with Crippen LogP contribution in [0.15, 0.2) is 42.6 Å². The zero-order chi connectivity index (χ0) is 16.2. The van der Waals surface area contributed by atoms with Crippen LogP contribution in [0.25, 0.3) is 0 Å². The quantitative estimate of drug-likeness (QED) is 0.941. The molecule has 1 N–H and O–H groups in total. The topological polar surface area (TPSA) is 45.2 Å². The second kappa shape index (κ2) is 7.11. The molecule has 1 saturated heterocycles. The highest BCUT2D eigenvalue weighted by atomic mass is 35.5. The van der Waals surface area contributed by atoms with Crippen molar-refractivity contribution in [3.8, 4) is 0 Å². The highest BCUT2D eigenvalue weighted by Gasteiger charge is 2.30. The predicted molar refractivity (Wildman–Crippen MR) is 91.7 cm³/mol. The third-order valence-corrected chi connectivity index (χ3v) is 4.45. The summed E-state index contributed by atoms with van der Waals surface area (Å²) in [6.07, 6.45) is 2.48. The molecule has 1 aliphatic heterocycles. The Morgan fingerprint density at radius 1 is 1.39 bits per heavy atom. The Bertz CT molecular complexity index is 704. The van der Waals surface area contributed by atoms with Crippen LogP contribution < -0.4 is 5.32 Å². The molecule has 2 heterocycles. The van der Waals surface area contributed by atoms with Gasteiger partial charge in [0.1, 0.15) is 5.69 Å². The SMILES string of the molecule is CCc1cccnc1C(=O)N1CCNCC1c1cccc(Cl)c1. The van der Waals surface area contributed by atoms with Gasteiger partial charge >= 0.3 is 0 Å². The van der Waals surface area contributed by atoms with E-state index in [0.717, 1.165) is 30.6 Å². The molecule has 0 spiro atoms. The van der Waals surface area contributed by atoms with E-state index in [-0.39, 0.29) is 11.9 Å². The molecule has 1 aromatic heterocycles. The molecule has 1 fully saturated rings. The summed E-state index contributed by atoms with van der Waals surface area (Å²) >= 11 is 6.12. The molecular formula is C18H20ClN3O. The molecule has 1 amide bonds. The van der Waals surface area contributed by atoms with Crippen molar-refractivity contribution in [2.75, 3.05) is 19.6 Å². The molecule has 0 radical (unpaired) electrons. The molecule has 1 aliphatic rings. The van der Waals surface area contributed by atoms with E-state index in [1.165, 1.54) is 0 Å². The van der Waals surface area contributed by atoms with E-state index in [1.54, 1.807) is 6.20 Å². The minimum atomic E-state index is -0.0262. The smallest absolute Gasteiger partial charge is 0.273 e. The highest BCUT2D eigenvalue weighted by molar-refractivity contribution is 6.30. The normalized spacial score (nSPS) is 18.0. The van der Waals surface area contributed by atoms with Crippen molar-refractivity contribution in [2.45, 2.75) is 19.4 Å². The average molecular weight is 330 g/mol. The van der Waals surface area contributed by atoms with E-state index in [1.807, 2.05) is 48.2 Å². The molecule has 0 bridgehead atoms. The third-order valence-electron chi connectivity index (χ3n) is 4.21. The maximum atomic E-state index is 13.1. The number of halogens is 1. The van der Waals surface area contributed by atoms with Crippen LogP contribution in [-0.2, 0) is 6.42 Å². The van der Waals surface area contributed by atoms with Crippen molar-refractivity contribution in [1.29, 1.82) is 0 Å². The lowest BCUT2D eigenvalue weighted by Gasteiger charge is -2.36. The molecular weight excluding hydrogens is 310 g/mol. The Balaban J connectivity index is 1.93. The zero-order valence-corrected chi connectivity index (χ0v) is 13.9. The maximum absolute atomic E-state index is 13.1. The summed E-state index contributed by atoms with van der Waals surface area (Å²) in [5.74, 6) is -0.00562. The van der Waals surface area contributed by atoms with Crippen LogP contribution in [0.5, 0.6) is 0 Å². The zero-order valence-electron chi connectivity index (χ0n) is 13.1. The number of aromatic nitrogens is 1. The molecule has 1 unspecified atom stereocenters. The van der Waals surface area contributed by atoms with Gasteiger partial charge in [-0.15, -0.1) is 0 Å². The van der Waals surface area contributed by atoms with Gasteiger partial charge in [-0.05, 0) is 35.7 Å². The summed E-state index contributed by atoms with van der Waals surface area (Å²) in [4.78, 5) is 19.3. The summed E-state index contributed by atoms with van der Waals surface area (Å²) in [5, 5.41) is 4.05. The number of aryl methyl sites for hydroxylation is 1. The van der Waals surface area contributed by atoms with Crippen molar-refractivity contribution in [3.05, 3.63) is 64.4 Å². The number of pyridine rings is 1. The lowest BCUT2D eigenvalue weighted by atomic mass is 10.0. The van der Waals surface area contributed by atoms with Crippen LogP contribution in [0.1, 0.15) is 34.6 Å². The minimum absolute atomic E-state index is 0.00562. The number of benzene rings is 1. The number of carbonyl (C=O) groups excluding carboxylic acids is 1. The first kappa shape index (κ1) is 16.0. The largest absolute Gasteiger partial charge is 0.328 e. The van der Waals surface area contributed by atoms with Gasteiger partial charge in [-0.2, -0.15) is 0 Å². The van der Waals surface area contributed by atoms with Crippen LogP contribution >= 0.6 is 11.6 Å². The summed E-state index contributed by atoms with van der Waals surface area (Å²) in [7, 11) is 0. The maximum Gasteiger partial charge on any atom is 0.273 e. The van der Waals surface area contributed by atoms with Gasteiger partial charge in [-0.25, -0.2) is 0 Å². The average Bonchev–Trinajstić information content (AvgIpc) is 2.61. The molecule has 3 rings (SSSR count). The molecule has 120 valence electrons. The Kier molecular flexibility index (Phi) is 4.94. The van der Waals surface area contributed by atoms with Crippen LogP contribution in [0.3, 0.4) is 0 Å². The minimum Gasteiger partial charge on any atom is -0.328 e. The van der Waals surface area contributed by atoms with Crippen LogP contribution in [0.2, 0.25) is 5.02 Å². The molecule has 0 saturated carbocycles. The fourth-order valence-electron chi connectivity index (χ4n) is 3.01. The molecule has 23 heavy (non-hydrogen) atoms. The lowest BCUT2D eigenvalue weighted by Crippen LogP contribution is -2.49. The van der Waals surface area contributed by atoms with Gasteiger partial charge in [-0.1, -0.05) is 36.7 Å².